The van der Waals surface area contributed by atoms with E-state index >= 15 is 0 Å². The van der Waals surface area contributed by atoms with E-state index in [0.717, 1.165) is 7.11 Å². The fourth-order valence-electron chi connectivity index (χ4n) is 2.89. The highest BCUT2D eigenvalue weighted by atomic mass is 16.6. The fourth-order valence-corrected chi connectivity index (χ4v) is 2.89. The first-order valence-corrected chi connectivity index (χ1v) is 11.5. The molecule has 0 aromatic heterocycles. The minimum absolute atomic E-state index is 0.129. The maximum absolute atomic E-state index is 12.2. The Bertz CT molecular complexity index is 973. The van der Waals surface area contributed by atoms with Crippen molar-refractivity contribution in [1.29, 1.82) is 0 Å². The van der Waals surface area contributed by atoms with Crippen molar-refractivity contribution in [2.75, 3.05) is 20.3 Å². The average molecular weight is 513 g/mol. The number of aliphatic hydroxyl groups excluding tert-OH is 1. The lowest BCUT2D eigenvalue weighted by Crippen LogP contribution is -2.35. The summed E-state index contributed by atoms with van der Waals surface area (Å²) in [5.41, 5.74) is 1.06. The highest BCUT2D eigenvalue weighted by Crippen LogP contribution is 2.19. The molecule has 0 spiro atoms. The SMILES string of the molecule is C=C/C(=C\C=C/C)C(=O)OC1CCOC(COC(=O)c2ccccc2)C1.C=C/C=C(\C=C)C(=O)O.CO. The van der Waals surface area contributed by atoms with Crippen LogP contribution in [0.1, 0.15) is 30.1 Å². The maximum atomic E-state index is 12.2. The van der Waals surface area contributed by atoms with Crippen molar-refractivity contribution in [2.24, 2.45) is 0 Å². The van der Waals surface area contributed by atoms with Gasteiger partial charge >= 0.3 is 17.9 Å². The Balaban J connectivity index is 0.000000997. The number of aliphatic hydroxyl groups is 1. The van der Waals surface area contributed by atoms with E-state index in [-0.39, 0.29) is 24.4 Å². The van der Waals surface area contributed by atoms with E-state index in [1.807, 2.05) is 19.1 Å². The number of hydrogen-bond donors (Lipinski definition) is 2. The smallest absolute Gasteiger partial charge is 0.338 e. The molecule has 1 heterocycles. The van der Waals surface area contributed by atoms with Gasteiger partial charge in [0.15, 0.2) is 0 Å². The van der Waals surface area contributed by atoms with Crippen molar-refractivity contribution in [1.82, 2.24) is 0 Å². The zero-order chi connectivity index (χ0) is 28.1. The van der Waals surface area contributed by atoms with Gasteiger partial charge in [-0.05, 0) is 31.2 Å². The second-order valence-electron chi connectivity index (χ2n) is 7.23. The van der Waals surface area contributed by atoms with Crippen LogP contribution >= 0.6 is 0 Å². The number of esters is 2. The summed E-state index contributed by atoms with van der Waals surface area (Å²) in [6.45, 7) is 12.7. The predicted molar refractivity (Wildman–Crippen MR) is 143 cm³/mol. The maximum Gasteiger partial charge on any atom is 0.338 e. The first kappa shape index (κ1) is 33.0. The van der Waals surface area contributed by atoms with Gasteiger partial charge in [0.2, 0.25) is 0 Å². The molecule has 2 atom stereocenters. The number of carbonyl (C=O) groups is 3. The Morgan fingerprint density at radius 1 is 1.05 bits per heavy atom. The summed E-state index contributed by atoms with van der Waals surface area (Å²) in [6, 6.07) is 8.79. The molecule has 8 heteroatoms. The van der Waals surface area contributed by atoms with Crippen molar-refractivity contribution < 1.29 is 38.8 Å². The molecular formula is C29H36O8. The Hall–Kier alpha value is -4.01. The molecule has 2 N–H and O–H groups in total. The van der Waals surface area contributed by atoms with Gasteiger partial charge in [-0.1, -0.05) is 68.3 Å². The average Bonchev–Trinajstić information content (AvgIpc) is 2.92. The van der Waals surface area contributed by atoms with Crippen LogP contribution in [0.25, 0.3) is 0 Å². The van der Waals surface area contributed by atoms with Gasteiger partial charge in [0, 0.05) is 20.0 Å². The summed E-state index contributed by atoms with van der Waals surface area (Å²) < 4.78 is 16.4. The lowest BCUT2D eigenvalue weighted by atomic mass is 10.1. The van der Waals surface area contributed by atoms with Gasteiger partial charge in [0.05, 0.1) is 29.4 Å². The molecule has 200 valence electrons. The van der Waals surface area contributed by atoms with Gasteiger partial charge in [-0.2, -0.15) is 0 Å². The monoisotopic (exact) mass is 512 g/mol. The van der Waals surface area contributed by atoms with Crippen molar-refractivity contribution in [3.8, 4) is 0 Å². The number of carbonyl (C=O) groups excluding carboxylic acids is 2. The molecule has 1 aliphatic heterocycles. The molecule has 8 nitrogen and oxygen atoms in total. The number of ether oxygens (including phenoxy) is 3. The molecule has 0 bridgehead atoms. The van der Waals surface area contributed by atoms with Crippen LogP contribution in [0.15, 0.2) is 104 Å². The Morgan fingerprint density at radius 3 is 2.22 bits per heavy atom. The molecule has 1 fully saturated rings. The van der Waals surface area contributed by atoms with E-state index in [2.05, 4.69) is 19.7 Å². The molecule has 37 heavy (non-hydrogen) atoms. The summed E-state index contributed by atoms with van der Waals surface area (Å²) in [4.78, 5) is 34.3. The summed E-state index contributed by atoms with van der Waals surface area (Å²) in [6.07, 6.45) is 11.3. The predicted octanol–water partition coefficient (Wildman–Crippen LogP) is 4.60. The number of benzene rings is 1. The minimum atomic E-state index is -0.982. The van der Waals surface area contributed by atoms with Crippen molar-refractivity contribution in [2.45, 2.75) is 32.0 Å². The Kier molecular flexibility index (Phi) is 18.0. The quantitative estimate of drug-likeness (QED) is 0.265. The molecular weight excluding hydrogens is 476 g/mol. The van der Waals surface area contributed by atoms with Crippen LogP contribution in [0.2, 0.25) is 0 Å². The van der Waals surface area contributed by atoms with E-state index in [4.69, 9.17) is 24.4 Å². The summed E-state index contributed by atoms with van der Waals surface area (Å²) >= 11 is 0. The van der Waals surface area contributed by atoms with E-state index in [9.17, 15) is 14.4 Å². The molecule has 1 aromatic rings. The van der Waals surface area contributed by atoms with E-state index in [1.165, 1.54) is 24.3 Å². The van der Waals surface area contributed by atoms with Crippen molar-refractivity contribution >= 4 is 17.9 Å². The number of hydrogen-bond acceptors (Lipinski definition) is 7. The number of rotatable bonds is 10. The van der Waals surface area contributed by atoms with Crippen LogP contribution in [-0.2, 0) is 23.8 Å². The molecule has 2 unspecified atom stereocenters. The number of aliphatic carboxylic acids is 1. The Labute approximate surface area is 218 Å². The first-order chi connectivity index (χ1) is 17.9. The number of allylic oxidation sites excluding steroid dienone is 5. The van der Waals surface area contributed by atoms with Crippen LogP contribution in [0.5, 0.6) is 0 Å². The van der Waals surface area contributed by atoms with Crippen LogP contribution in [0.4, 0.5) is 0 Å². The highest BCUT2D eigenvalue weighted by Gasteiger charge is 2.27. The molecule has 0 aliphatic carbocycles. The standard InChI is InChI=1S/C21H24O5.C7H8O2.CH4O/c1-3-5-9-16(4-2)21(23)26-18-12-13-24-19(14-18)15-25-20(22)17-10-7-6-8-11-17;1-3-5-6(4-2)7(8)9;1-2/h3-11,18-19H,2,12-15H2,1H3;3-5H,1-2H2,(H,8,9);2H,1H3/b5-3-,16-9+;6-5+;. The molecule has 1 aliphatic rings. The van der Waals surface area contributed by atoms with Gasteiger partial charge in [-0.3, -0.25) is 0 Å². The van der Waals surface area contributed by atoms with Gasteiger partial charge in [-0.25, -0.2) is 14.4 Å². The third-order valence-electron chi connectivity index (χ3n) is 4.69. The van der Waals surface area contributed by atoms with E-state index in [0.29, 0.717) is 30.6 Å². The van der Waals surface area contributed by atoms with Crippen molar-refractivity contribution in [3.05, 3.63) is 109 Å². The van der Waals surface area contributed by atoms with Crippen LogP contribution in [0.3, 0.4) is 0 Å². The molecule has 2 rings (SSSR count). The fraction of sp³-hybridized carbons (Fsp3) is 0.276. The summed E-state index contributed by atoms with van der Waals surface area (Å²) in [5.74, 6) is -1.79. The number of carboxylic acid groups (broad SMARTS) is 1. The molecule has 0 saturated carbocycles. The highest BCUT2D eigenvalue weighted by molar-refractivity contribution is 5.92. The zero-order valence-corrected chi connectivity index (χ0v) is 21.4. The zero-order valence-electron chi connectivity index (χ0n) is 21.4. The second kappa shape index (κ2) is 20.2. The van der Waals surface area contributed by atoms with Gasteiger partial charge in [0.25, 0.3) is 0 Å². The van der Waals surface area contributed by atoms with Crippen LogP contribution in [-0.4, -0.2) is 60.7 Å². The normalized spacial score (nSPS) is 17.2. The van der Waals surface area contributed by atoms with E-state index < -0.39 is 17.9 Å². The summed E-state index contributed by atoms with van der Waals surface area (Å²) in [5, 5.41) is 15.3. The lowest BCUT2D eigenvalue weighted by molar-refractivity contribution is -0.152. The minimum Gasteiger partial charge on any atom is -0.478 e. The third kappa shape index (κ3) is 13.6. The third-order valence-corrected chi connectivity index (χ3v) is 4.69. The van der Waals surface area contributed by atoms with Crippen LogP contribution < -0.4 is 0 Å². The number of carboxylic acids is 1. The molecule has 1 saturated heterocycles. The largest absolute Gasteiger partial charge is 0.478 e. The van der Waals surface area contributed by atoms with Gasteiger partial charge < -0.3 is 24.4 Å². The molecule has 0 radical (unpaired) electrons. The van der Waals surface area contributed by atoms with Gasteiger partial charge in [0.1, 0.15) is 12.7 Å². The van der Waals surface area contributed by atoms with Crippen molar-refractivity contribution in [3.63, 3.8) is 0 Å². The lowest BCUT2D eigenvalue weighted by Gasteiger charge is -2.29. The summed E-state index contributed by atoms with van der Waals surface area (Å²) in [7, 11) is 1.00. The topological polar surface area (TPSA) is 119 Å². The van der Waals surface area contributed by atoms with Crippen LogP contribution in [0, 0.1) is 0 Å². The van der Waals surface area contributed by atoms with E-state index in [1.54, 1.807) is 36.4 Å². The molecule has 0 amide bonds. The Morgan fingerprint density at radius 2 is 1.70 bits per heavy atom. The molecule has 1 aromatic carbocycles. The van der Waals surface area contributed by atoms with Gasteiger partial charge in [-0.15, -0.1) is 0 Å². The second-order valence-corrected chi connectivity index (χ2v) is 7.23. The first-order valence-electron chi connectivity index (χ1n) is 11.5.